The number of carboxylic acids is 1. The molecule has 0 saturated heterocycles. The Hall–Kier alpha value is -2.04. The van der Waals surface area contributed by atoms with Gasteiger partial charge in [-0.25, -0.2) is 4.79 Å². The Bertz CT molecular complexity index is 483. The number of carbonyl (C=O) groups is 2. The highest BCUT2D eigenvalue weighted by Gasteiger charge is 2.38. The second-order valence-electron chi connectivity index (χ2n) is 5.19. The standard InChI is InChI=1S/C15H19NO4/c1-10-8-13(10)15(19)16-7-6-11-2-4-12(5-3-11)20-9-14(17)18/h2-5,10,13H,6-9H2,1H3,(H,16,19)(H,17,18)/t10-,13-/m1/s1. The van der Waals surface area contributed by atoms with Crippen molar-refractivity contribution in [3.63, 3.8) is 0 Å². The van der Waals surface area contributed by atoms with Crippen molar-refractivity contribution in [2.24, 2.45) is 11.8 Å². The Morgan fingerprint density at radius 2 is 2.00 bits per heavy atom. The summed E-state index contributed by atoms with van der Waals surface area (Å²) in [5.74, 6) is 0.430. The summed E-state index contributed by atoms with van der Waals surface area (Å²) in [4.78, 5) is 22.0. The molecule has 1 aliphatic rings. The molecule has 1 aromatic rings. The molecule has 2 rings (SSSR count). The number of nitrogens with one attached hydrogen (secondary N) is 1. The van der Waals surface area contributed by atoms with Crippen molar-refractivity contribution in [2.75, 3.05) is 13.2 Å². The van der Waals surface area contributed by atoms with Gasteiger partial charge in [0, 0.05) is 12.5 Å². The van der Waals surface area contributed by atoms with E-state index in [0.717, 1.165) is 18.4 Å². The second-order valence-corrected chi connectivity index (χ2v) is 5.19. The van der Waals surface area contributed by atoms with Gasteiger partial charge in [-0.3, -0.25) is 4.79 Å². The fraction of sp³-hybridized carbons (Fsp3) is 0.467. The number of carboxylic acid groups (broad SMARTS) is 1. The van der Waals surface area contributed by atoms with Crippen LogP contribution in [0.3, 0.4) is 0 Å². The SMILES string of the molecule is C[C@@H]1C[C@H]1C(=O)NCCc1ccc(OCC(=O)O)cc1. The summed E-state index contributed by atoms with van der Waals surface area (Å²) < 4.78 is 5.05. The third-order valence-electron chi connectivity index (χ3n) is 3.44. The van der Waals surface area contributed by atoms with Crippen molar-refractivity contribution in [3.8, 4) is 5.75 Å². The second kappa shape index (κ2) is 6.41. The molecule has 108 valence electrons. The van der Waals surface area contributed by atoms with Crippen LogP contribution in [-0.2, 0) is 16.0 Å². The minimum atomic E-state index is -0.994. The van der Waals surface area contributed by atoms with E-state index in [9.17, 15) is 9.59 Å². The van der Waals surface area contributed by atoms with E-state index in [1.807, 2.05) is 12.1 Å². The van der Waals surface area contributed by atoms with E-state index >= 15 is 0 Å². The zero-order valence-corrected chi connectivity index (χ0v) is 11.5. The Balaban J connectivity index is 1.70. The first kappa shape index (κ1) is 14.4. The number of aliphatic carboxylic acids is 1. The van der Waals surface area contributed by atoms with Gasteiger partial charge in [0.1, 0.15) is 5.75 Å². The quantitative estimate of drug-likeness (QED) is 0.791. The molecule has 0 spiro atoms. The largest absolute Gasteiger partial charge is 0.482 e. The molecule has 0 heterocycles. The first-order chi connectivity index (χ1) is 9.56. The topological polar surface area (TPSA) is 75.6 Å². The van der Waals surface area contributed by atoms with Crippen LogP contribution in [0.5, 0.6) is 5.75 Å². The number of ether oxygens (including phenoxy) is 1. The third-order valence-corrected chi connectivity index (χ3v) is 3.44. The van der Waals surface area contributed by atoms with Crippen LogP contribution in [0.25, 0.3) is 0 Å². The van der Waals surface area contributed by atoms with Crippen LogP contribution in [0, 0.1) is 11.8 Å². The lowest BCUT2D eigenvalue weighted by Gasteiger charge is -2.06. The van der Waals surface area contributed by atoms with Gasteiger partial charge in [-0.1, -0.05) is 19.1 Å². The zero-order valence-electron chi connectivity index (χ0n) is 11.5. The molecule has 2 atom stereocenters. The average molecular weight is 277 g/mol. The summed E-state index contributed by atoms with van der Waals surface area (Å²) in [6, 6.07) is 7.23. The molecule has 0 radical (unpaired) electrons. The van der Waals surface area contributed by atoms with Gasteiger partial charge in [-0.2, -0.15) is 0 Å². The van der Waals surface area contributed by atoms with Crippen molar-refractivity contribution >= 4 is 11.9 Å². The van der Waals surface area contributed by atoms with Gasteiger partial charge in [-0.15, -0.1) is 0 Å². The Kier molecular flexibility index (Phi) is 4.61. The van der Waals surface area contributed by atoms with E-state index in [4.69, 9.17) is 9.84 Å². The Morgan fingerprint density at radius 1 is 1.35 bits per heavy atom. The van der Waals surface area contributed by atoms with Crippen LogP contribution in [0.15, 0.2) is 24.3 Å². The maximum absolute atomic E-state index is 11.6. The van der Waals surface area contributed by atoms with E-state index < -0.39 is 5.97 Å². The lowest BCUT2D eigenvalue weighted by molar-refractivity contribution is -0.139. The average Bonchev–Trinajstić information content (AvgIpc) is 3.15. The Morgan fingerprint density at radius 3 is 2.55 bits per heavy atom. The summed E-state index contributed by atoms with van der Waals surface area (Å²) in [5.41, 5.74) is 1.08. The Labute approximate surface area is 117 Å². The number of hydrogen-bond donors (Lipinski definition) is 2. The van der Waals surface area contributed by atoms with Crippen molar-refractivity contribution in [1.82, 2.24) is 5.32 Å². The zero-order chi connectivity index (χ0) is 14.5. The third kappa shape index (κ3) is 4.26. The molecule has 2 N–H and O–H groups in total. The fourth-order valence-electron chi connectivity index (χ4n) is 2.05. The molecule has 1 fully saturated rings. The minimum absolute atomic E-state index is 0.152. The van der Waals surface area contributed by atoms with Crippen LogP contribution < -0.4 is 10.1 Å². The van der Waals surface area contributed by atoms with E-state index in [2.05, 4.69) is 12.2 Å². The molecule has 0 aliphatic heterocycles. The molecule has 0 bridgehead atoms. The molecule has 1 aliphatic carbocycles. The summed E-state index contributed by atoms with van der Waals surface area (Å²) in [5, 5.41) is 11.4. The van der Waals surface area contributed by atoms with Crippen molar-refractivity contribution < 1.29 is 19.4 Å². The predicted molar refractivity (Wildman–Crippen MR) is 73.6 cm³/mol. The molecule has 1 aromatic carbocycles. The fourth-order valence-corrected chi connectivity index (χ4v) is 2.05. The van der Waals surface area contributed by atoms with E-state index in [1.54, 1.807) is 12.1 Å². The molecule has 0 aromatic heterocycles. The molecular weight excluding hydrogens is 258 g/mol. The molecule has 1 amide bonds. The number of carbonyl (C=O) groups excluding carboxylic acids is 1. The van der Waals surface area contributed by atoms with Gasteiger partial charge in [-0.05, 0) is 36.5 Å². The molecule has 0 unspecified atom stereocenters. The summed E-state index contributed by atoms with van der Waals surface area (Å²) in [6.07, 6.45) is 1.76. The molecule has 5 heteroatoms. The molecule has 1 saturated carbocycles. The van der Waals surface area contributed by atoms with Crippen molar-refractivity contribution in [3.05, 3.63) is 29.8 Å². The van der Waals surface area contributed by atoms with Crippen molar-refractivity contribution in [1.29, 1.82) is 0 Å². The van der Waals surface area contributed by atoms with E-state index in [1.165, 1.54) is 0 Å². The minimum Gasteiger partial charge on any atom is -0.482 e. The van der Waals surface area contributed by atoms with Crippen molar-refractivity contribution in [2.45, 2.75) is 19.8 Å². The number of hydrogen-bond acceptors (Lipinski definition) is 3. The van der Waals surface area contributed by atoms with Crippen LogP contribution in [-0.4, -0.2) is 30.1 Å². The van der Waals surface area contributed by atoms with E-state index in [0.29, 0.717) is 18.2 Å². The van der Waals surface area contributed by atoms with Gasteiger partial charge in [0.15, 0.2) is 6.61 Å². The van der Waals surface area contributed by atoms with Gasteiger partial charge in [0.2, 0.25) is 5.91 Å². The van der Waals surface area contributed by atoms with Crippen LogP contribution >= 0.6 is 0 Å². The van der Waals surface area contributed by atoms with Crippen LogP contribution in [0.4, 0.5) is 0 Å². The lowest BCUT2D eigenvalue weighted by Crippen LogP contribution is -2.27. The normalized spacial score (nSPS) is 20.2. The van der Waals surface area contributed by atoms with Gasteiger partial charge in [0.25, 0.3) is 0 Å². The van der Waals surface area contributed by atoms with Crippen LogP contribution in [0.1, 0.15) is 18.9 Å². The highest BCUT2D eigenvalue weighted by molar-refractivity contribution is 5.81. The molecule has 20 heavy (non-hydrogen) atoms. The predicted octanol–water partition coefficient (Wildman–Crippen LogP) is 1.46. The van der Waals surface area contributed by atoms with Gasteiger partial charge in [0.05, 0.1) is 0 Å². The number of amides is 1. The highest BCUT2D eigenvalue weighted by Crippen LogP contribution is 2.37. The van der Waals surface area contributed by atoms with Gasteiger partial charge < -0.3 is 15.2 Å². The van der Waals surface area contributed by atoms with E-state index in [-0.39, 0.29) is 18.4 Å². The maximum Gasteiger partial charge on any atom is 0.341 e. The number of rotatable bonds is 7. The monoisotopic (exact) mass is 277 g/mol. The first-order valence-corrected chi connectivity index (χ1v) is 6.77. The lowest BCUT2D eigenvalue weighted by atomic mass is 10.1. The smallest absolute Gasteiger partial charge is 0.341 e. The van der Waals surface area contributed by atoms with Crippen LogP contribution in [0.2, 0.25) is 0 Å². The highest BCUT2D eigenvalue weighted by atomic mass is 16.5. The summed E-state index contributed by atoms with van der Waals surface area (Å²) >= 11 is 0. The molecular formula is C15H19NO4. The summed E-state index contributed by atoms with van der Waals surface area (Å²) in [6.45, 7) is 2.37. The molecule has 5 nitrogen and oxygen atoms in total. The first-order valence-electron chi connectivity index (χ1n) is 6.77. The summed E-state index contributed by atoms with van der Waals surface area (Å²) in [7, 11) is 0. The number of benzene rings is 1. The van der Waals surface area contributed by atoms with Gasteiger partial charge >= 0.3 is 5.97 Å². The maximum atomic E-state index is 11.6.